The van der Waals surface area contributed by atoms with Crippen molar-refractivity contribution < 1.29 is 0 Å². The first-order valence-corrected chi connectivity index (χ1v) is 6.70. The Kier molecular flexibility index (Phi) is 4.19. The molecule has 0 saturated heterocycles. The summed E-state index contributed by atoms with van der Waals surface area (Å²) in [5.74, 6) is 0. The fourth-order valence-corrected chi connectivity index (χ4v) is 2.62. The molecule has 0 aliphatic heterocycles. The summed E-state index contributed by atoms with van der Waals surface area (Å²) < 4.78 is 0. The van der Waals surface area contributed by atoms with Gasteiger partial charge in [0.1, 0.15) is 0 Å². The van der Waals surface area contributed by atoms with E-state index in [1.165, 1.54) is 42.4 Å². The molecule has 0 atom stereocenters. The Hall–Kier alpha value is -0.860. The Balaban J connectivity index is 1.85. The number of rotatable bonds is 3. The van der Waals surface area contributed by atoms with Crippen molar-refractivity contribution in [2.45, 2.75) is 58.2 Å². The Bertz CT molecular complexity index is 365. The molecule has 94 valence electrons. The van der Waals surface area contributed by atoms with Crippen LogP contribution in [-0.2, 0) is 6.54 Å². The van der Waals surface area contributed by atoms with E-state index >= 15 is 0 Å². The molecule has 0 bridgehead atoms. The highest BCUT2D eigenvalue weighted by Crippen LogP contribution is 2.18. The normalized spacial score (nSPS) is 24.9. The molecule has 0 spiro atoms. The maximum Gasteiger partial charge on any atom is 0.0210 e. The van der Waals surface area contributed by atoms with E-state index in [4.69, 9.17) is 5.73 Å². The molecule has 1 saturated carbocycles. The van der Waals surface area contributed by atoms with Crippen molar-refractivity contribution in [3.05, 3.63) is 34.9 Å². The molecular weight excluding hydrogens is 208 g/mol. The lowest BCUT2D eigenvalue weighted by molar-refractivity contribution is 0.341. The Morgan fingerprint density at radius 1 is 1.18 bits per heavy atom. The molecule has 1 fully saturated rings. The average molecular weight is 232 g/mol. The van der Waals surface area contributed by atoms with Gasteiger partial charge in [-0.3, -0.25) is 0 Å². The van der Waals surface area contributed by atoms with E-state index in [2.05, 4.69) is 37.4 Å². The predicted octanol–water partition coefficient (Wildman–Crippen LogP) is 2.66. The van der Waals surface area contributed by atoms with E-state index in [0.717, 1.165) is 6.54 Å². The lowest BCUT2D eigenvalue weighted by Crippen LogP contribution is -2.37. The summed E-state index contributed by atoms with van der Waals surface area (Å²) in [6, 6.07) is 7.80. The molecular formula is C15H24N2. The second-order valence-electron chi connectivity index (χ2n) is 5.42. The third-order valence-corrected chi connectivity index (χ3v) is 3.85. The maximum absolute atomic E-state index is 5.92. The van der Waals surface area contributed by atoms with Gasteiger partial charge in [-0.2, -0.15) is 0 Å². The molecule has 0 amide bonds. The number of nitrogens with one attached hydrogen (secondary N) is 1. The summed E-state index contributed by atoms with van der Waals surface area (Å²) in [5.41, 5.74) is 10.1. The van der Waals surface area contributed by atoms with Crippen LogP contribution in [0.5, 0.6) is 0 Å². The Morgan fingerprint density at radius 3 is 2.53 bits per heavy atom. The molecule has 1 aromatic carbocycles. The van der Waals surface area contributed by atoms with Gasteiger partial charge in [-0.25, -0.2) is 0 Å². The van der Waals surface area contributed by atoms with E-state index in [-0.39, 0.29) is 0 Å². The van der Waals surface area contributed by atoms with Gasteiger partial charge in [-0.1, -0.05) is 23.8 Å². The zero-order chi connectivity index (χ0) is 12.3. The van der Waals surface area contributed by atoms with E-state index in [0.29, 0.717) is 12.1 Å². The second-order valence-corrected chi connectivity index (χ2v) is 5.42. The highest BCUT2D eigenvalue weighted by Gasteiger charge is 2.17. The molecule has 0 heterocycles. The van der Waals surface area contributed by atoms with Crippen molar-refractivity contribution in [1.29, 1.82) is 0 Å². The number of aryl methyl sites for hydroxylation is 2. The van der Waals surface area contributed by atoms with Gasteiger partial charge in [0, 0.05) is 18.6 Å². The van der Waals surface area contributed by atoms with E-state index < -0.39 is 0 Å². The SMILES string of the molecule is Cc1ccc(CNC2CCC(N)CC2)c(C)c1. The number of hydrogen-bond donors (Lipinski definition) is 2. The third-order valence-electron chi connectivity index (χ3n) is 3.85. The van der Waals surface area contributed by atoms with E-state index in [1.807, 2.05) is 0 Å². The van der Waals surface area contributed by atoms with Crippen LogP contribution in [0.1, 0.15) is 42.4 Å². The van der Waals surface area contributed by atoms with Crippen molar-refractivity contribution in [3.8, 4) is 0 Å². The molecule has 1 aromatic rings. The third kappa shape index (κ3) is 3.55. The largest absolute Gasteiger partial charge is 0.328 e. The molecule has 2 heteroatoms. The summed E-state index contributed by atoms with van der Waals surface area (Å²) in [6.45, 7) is 5.33. The van der Waals surface area contributed by atoms with Gasteiger partial charge in [-0.05, 0) is 50.7 Å². The summed E-state index contributed by atoms with van der Waals surface area (Å²) in [4.78, 5) is 0. The van der Waals surface area contributed by atoms with Gasteiger partial charge in [0.05, 0.1) is 0 Å². The molecule has 0 unspecified atom stereocenters. The number of hydrogen-bond acceptors (Lipinski definition) is 2. The number of benzene rings is 1. The van der Waals surface area contributed by atoms with Crippen LogP contribution in [0.2, 0.25) is 0 Å². The van der Waals surface area contributed by atoms with Crippen molar-refractivity contribution in [3.63, 3.8) is 0 Å². The fourth-order valence-electron chi connectivity index (χ4n) is 2.62. The van der Waals surface area contributed by atoms with Crippen LogP contribution in [0.4, 0.5) is 0 Å². The molecule has 0 radical (unpaired) electrons. The minimum atomic E-state index is 0.439. The quantitative estimate of drug-likeness (QED) is 0.841. The van der Waals surface area contributed by atoms with Crippen molar-refractivity contribution in [2.24, 2.45) is 5.73 Å². The van der Waals surface area contributed by atoms with Gasteiger partial charge < -0.3 is 11.1 Å². The minimum absolute atomic E-state index is 0.439. The van der Waals surface area contributed by atoms with Crippen LogP contribution in [0, 0.1) is 13.8 Å². The smallest absolute Gasteiger partial charge is 0.0210 e. The van der Waals surface area contributed by atoms with Gasteiger partial charge in [0.15, 0.2) is 0 Å². The Morgan fingerprint density at radius 2 is 1.88 bits per heavy atom. The summed E-state index contributed by atoms with van der Waals surface area (Å²) in [5, 5.41) is 3.66. The van der Waals surface area contributed by atoms with Crippen LogP contribution in [-0.4, -0.2) is 12.1 Å². The maximum atomic E-state index is 5.92. The lowest BCUT2D eigenvalue weighted by Gasteiger charge is -2.27. The van der Waals surface area contributed by atoms with E-state index in [9.17, 15) is 0 Å². The zero-order valence-corrected chi connectivity index (χ0v) is 11.0. The second kappa shape index (κ2) is 5.65. The zero-order valence-electron chi connectivity index (χ0n) is 11.0. The first-order valence-electron chi connectivity index (χ1n) is 6.70. The summed E-state index contributed by atoms with van der Waals surface area (Å²) in [6.07, 6.45) is 4.80. The highest BCUT2D eigenvalue weighted by molar-refractivity contribution is 5.30. The van der Waals surface area contributed by atoms with Gasteiger partial charge in [-0.15, -0.1) is 0 Å². The van der Waals surface area contributed by atoms with Crippen LogP contribution in [0.25, 0.3) is 0 Å². The van der Waals surface area contributed by atoms with Crippen molar-refractivity contribution in [2.75, 3.05) is 0 Å². The molecule has 2 nitrogen and oxygen atoms in total. The van der Waals surface area contributed by atoms with Crippen molar-refractivity contribution >= 4 is 0 Å². The first kappa shape index (κ1) is 12.6. The molecule has 0 aromatic heterocycles. The summed E-state index contributed by atoms with van der Waals surface area (Å²) >= 11 is 0. The Labute approximate surface area is 105 Å². The van der Waals surface area contributed by atoms with Gasteiger partial charge in [0.2, 0.25) is 0 Å². The molecule has 17 heavy (non-hydrogen) atoms. The standard InChI is InChI=1S/C15H24N2/c1-11-3-4-13(12(2)9-11)10-17-15-7-5-14(16)6-8-15/h3-4,9,14-15,17H,5-8,10,16H2,1-2H3. The van der Waals surface area contributed by atoms with Crippen molar-refractivity contribution in [1.82, 2.24) is 5.32 Å². The first-order chi connectivity index (χ1) is 8.15. The predicted molar refractivity (Wildman–Crippen MR) is 73.0 cm³/mol. The van der Waals surface area contributed by atoms with Gasteiger partial charge in [0.25, 0.3) is 0 Å². The van der Waals surface area contributed by atoms with Crippen LogP contribution in [0.15, 0.2) is 18.2 Å². The number of nitrogens with two attached hydrogens (primary N) is 1. The average Bonchev–Trinajstić information content (AvgIpc) is 2.30. The highest BCUT2D eigenvalue weighted by atomic mass is 14.9. The monoisotopic (exact) mass is 232 g/mol. The molecule has 1 aliphatic rings. The van der Waals surface area contributed by atoms with E-state index in [1.54, 1.807) is 0 Å². The van der Waals surface area contributed by atoms with Gasteiger partial charge >= 0.3 is 0 Å². The fraction of sp³-hybridized carbons (Fsp3) is 0.600. The van der Waals surface area contributed by atoms with Crippen LogP contribution >= 0.6 is 0 Å². The molecule has 2 rings (SSSR count). The van der Waals surface area contributed by atoms with Crippen LogP contribution in [0.3, 0.4) is 0 Å². The van der Waals surface area contributed by atoms with Crippen LogP contribution < -0.4 is 11.1 Å². The minimum Gasteiger partial charge on any atom is -0.328 e. The molecule has 3 N–H and O–H groups in total. The molecule has 1 aliphatic carbocycles. The topological polar surface area (TPSA) is 38.0 Å². The summed E-state index contributed by atoms with van der Waals surface area (Å²) in [7, 11) is 0. The lowest BCUT2D eigenvalue weighted by atomic mass is 9.91.